The van der Waals surface area contributed by atoms with Crippen molar-refractivity contribution in [3.05, 3.63) is 90.6 Å². The number of fused-ring (bicyclic) bond motifs is 5. The summed E-state index contributed by atoms with van der Waals surface area (Å²) in [5.74, 6) is -1.25. The minimum atomic E-state index is -1.08. The van der Waals surface area contributed by atoms with Crippen molar-refractivity contribution in [3.63, 3.8) is 0 Å². The Hall–Kier alpha value is -4.32. The zero-order valence-corrected chi connectivity index (χ0v) is 18.2. The van der Waals surface area contributed by atoms with E-state index in [1.54, 1.807) is 18.2 Å². The largest absolute Gasteiger partial charge is 0.481 e. The molecule has 0 saturated carbocycles. The van der Waals surface area contributed by atoms with Crippen LogP contribution in [0.2, 0.25) is 0 Å². The van der Waals surface area contributed by atoms with Crippen LogP contribution >= 0.6 is 0 Å². The molecule has 0 aliphatic carbocycles. The molecule has 166 valence electrons. The normalized spacial score (nSPS) is 12.1. The Morgan fingerprint density at radius 1 is 1.15 bits per heavy atom. The molecule has 0 atom stereocenters. The number of aliphatic carboxylic acids is 1. The molecule has 4 rings (SSSR count). The molecule has 3 N–H and O–H groups in total. The third-order valence-electron chi connectivity index (χ3n) is 5.51. The van der Waals surface area contributed by atoms with Gasteiger partial charge >= 0.3 is 5.97 Å². The molecular weight excluding hydrogens is 416 g/mol. The molecule has 33 heavy (non-hydrogen) atoms. The van der Waals surface area contributed by atoms with E-state index >= 15 is 0 Å². The summed E-state index contributed by atoms with van der Waals surface area (Å²) in [5, 5.41) is 12.4. The van der Waals surface area contributed by atoms with E-state index in [0.29, 0.717) is 28.6 Å². The van der Waals surface area contributed by atoms with Crippen molar-refractivity contribution < 1.29 is 19.4 Å². The number of hydrogen-bond donors (Lipinski definition) is 2. The molecule has 1 aromatic heterocycles. The van der Waals surface area contributed by atoms with Crippen LogP contribution in [0, 0.1) is 0 Å². The number of aromatic nitrogens is 1. The van der Waals surface area contributed by atoms with Gasteiger partial charge < -0.3 is 20.1 Å². The molecule has 0 unspecified atom stereocenters. The average molecular weight is 440 g/mol. The van der Waals surface area contributed by atoms with E-state index in [0.717, 1.165) is 27.4 Å². The van der Waals surface area contributed by atoms with Crippen LogP contribution in [-0.4, -0.2) is 28.2 Å². The molecular formula is C27H24N2O4. The Morgan fingerprint density at radius 2 is 1.94 bits per heavy atom. The maximum Gasteiger partial charge on any atom is 0.341 e. The second-order valence-corrected chi connectivity index (χ2v) is 7.63. The third-order valence-corrected chi connectivity index (χ3v) is 5.51. The van der Waals surface area contributed by atoms with Gasteiger partial charge in [-0.3, -0.25) is 4.79 Å². The number of amides is 1. The zero-order chi connectivity index (χ0) is 23.5. The molecule has 0 aliphatic heterocycles. The van der Waals surface area contributed by atoms with Crippen LogP contribution in [0.5, 0.6) is 5.75 Å². The van der Waals surface area contributed by atoms with E-state index in [4.69, 9.17) is 10.5 Å². The van der Waals surface area contributed by atoms with Gasteiger partial charge in [-0.15, -0.1) is 0 Å². The minimum absolute atomic E-state index is 0.354. The number of allylic oxidation sites excluding steroid dienone is 5. The highest BCUT2D eigenvalue weighted by atomic mass is 16.5. The SMILES string of the molecule is C=C/C=C(\C=C/C)Cn1c2cccc(C(N)=O)c2c2c(OCC(=O)O)cc3ccccc3c21. The minimum Gasteiger partial charge on any atom is -0.481 e. The lowest BCUT2D eigenvalue weighted by Gasteiger charge is -2.12. The summed E-state index contributed by atoms with van der Waals surface area (Å²) in [6.07, 6.45) is 7.63. The van der Waals surface area contributed by atoms with Gasteiger partial charge in [-0.25, -0.2) is 4.79 Å². The highest BCUT2D eigenvalue weighted by Gasteiger charge is 2.22. The molecule has 0 fully saturated rings. The first-order valence-electron chi connectivity index (χ1n) is 10.5. The predicted molar refractivity (Wildman–Crippen MR) is 132 cm³/mol. The van der Waals surface area contributed by atoms with Gasteiger partial charge in [-0.1, -0.05) is 61.2 Å². The number of nitrogens with zero attached hydrogens (tertiary/aromatic N) is 1. The number of rotatable bonds is 8. The lowest BCUT2D eigenvalue weighted by molar-refractivity contribution is -0.139. The van der Waals surface area contributed by atoms with E-state index < -0.39 is 18.5 Å². The molecule has 1 heterocycles. The molecule has 0 spiro atoms. The first-order valence-corrected chi connectivity index (χ1v) is 10.5. The van der Waals surface area contributed by atoms with Gasteiger partial charge in [-0.05, 0) is 36.1 Å². The molecule has 3 aromatic carbocycles. The van der Waals surface area contributed by atoms with Crippen LogP contribution in [0.3, 0.4) is 0 Å². The van der Waals surface area contributed by atoms with Gasteiger partial charge in [-0.2, -0.15) is 0 Å². The maximum absolute atomic E-state index is 12.4. The van der Waals surface area contributed by atoms with Crippen molar-refractivity contribution in [3.8, 4) is 5.75 Å². The van der Waals surface area contributed by atoms with Crippen LogP contribution in [0.25, 0.3) is 32.6 Å². The number of benzene rings is 3. The molecule has 0 aliphatic rings. The monoisotopic (exact) mass is 440 g/mol. The van der Waals surface area contributed by atoms with Gasteiger partial charge in [0.05, 0.1) is 16.4 Å². The Labute approximate surface area is 190 Å². The van der Waals surface area contributed by atoms with Gasteiger partial charge in [0.25, 0.3) is 0 Å². The standard InChI is InChI=1S/C27H24N2O4/c1-3-8-17(9-4-2)15-29-21-13-7-12-20(27(28)32)24(21)25-22(33-16-23(30)31)14-18-10-5-6-11-19(18)26(25)29/h3-14H,1,15-16H2,2H3,(H2,28,32)(H,30,31)/b9-4-,17-8+. The first kappa shape index (κ1) is 21.9. The molecule has 6 heteroatoms. The van der Waals surface area contributed by atoms with E-state index in [1.165, 1.54) is 0 Å². The highest BCUT2D eigenvalue weighted by molar-refractivity contribution is 6.25. The Kier molecular flexibility index (Phi) is 6.00. The second kappa shape index (κ2) is 9.04. The topological polar surface area (TPSA) is 94.5 Å². The average Bonchev–Trinajstić information content (AvgIpc) is 3.12. The van der Waals surface area contributed by atoms with Crippen LogP contribution in [0.4, 0.5) is 0 Å². The number of hydrogen-bond acceptors (Lipinski definition) is 3. The molecule has 0 bridgehead atoms. The number of carboxylic acids is 1. The highest BCUT2D eigenvalue weighted by Crippen LogP contribution is 2.42. The van der Waals surface area contributed by atoms with Crippen molar-refractivity contribution in [2.75, 3.05) is 6.61 Å². The summed E-state index contributed by atoms with van der Waals surface area (Å²) in [7, 11) is 0. The lowest BCUT2D eigenvalue weighted by Crippen LogP contribution is -2.11. The molecule has 4 aromatic rings. The Morgan fingerprint density at radius 3 is 2.64 bits per heavy atom. The number of carbonyl (C=O) groups excluding carboxylic acids is 1. The number of ether oxygens (including phenoxy) is 1. The summed E-state index contributed by atoms with van der Waals surface area (Å²) < 4.78 is 7.85. The first-order chi connectivity index (χ1) is 16.0. The maximum atomic E-state index is 12.4. The Bertz CT molecular complexity index is 1470. The fraction of sp³-hybridized carbons (Fsp3) is 0.111. The van der Waals surface area contributed by atoms with Gasteiger partial charge in [0.2, 0.25) is 5.91 Å². The number of nitrogens with two attached hydrogens (primary N) is 1. The molecule has 6 nitrogen and oxygen atoms in total. The number of carboxylic acid groups (broad SMARTS) is 1. The lowest BCUT2D eigenvalue weighted by atomic mass is 10.0. The van der Waals surface area contributed by atoms with Crippen LogP contribution < -0.4 is 10.5 Å². The zero-order valence-electron chi connectivity index (χ0n) is 18.2. The van der Waals surface area contributed by atoms with Crippen molar-refractivity contribution in [1.82, 2.24) is 4.57 Å². The van der Waals surface area contributed by atoms with E-state index in [9.17, 15) is 14.7 Å². The van der Waals surface area contributed by atoms with Crippen LogP contribution in [-0.2, 0) is 11.3 Å². The quantitative estimate of drug-likeness (QED) is 0.368. The van der Waals surface area contributed by atoms with E-state index in [-0.39, 0.29) is 0 Å². The summed E-state index contributed by atoms with van der Waals surface area (Å²) in [6.45, 7) is 5.77. The molecule has 1 amide bonds. The third kappa shape index (κ3) is 3.99. The van der Waals surface area contributed by atoms with Gasteiger partial charge in [0.15, 0.2) is 6.61 Å². The van der Waals surface area contributed by atoms with Crippen molar-refractivity contribution in [2.45, 2.75) is 13.5 Å². The Balaban J connectivity index is 2.20. The van der Waals surface area contributed by atoms with Gasteiger partial charge in [0, 0.05) is 22.9 Å². The summed E-state index contributed by atoms with van der Waals surface area (Å²) in [5.41, 5.74) is 8.75. The number of primary amides is 1. The summed E-state index contributed by atoms with van der Waals surface area (Å²) >= 11 is 0. The van der Waals surface area contributed by atoms with Crippen LogP contribution in [0.1, 0.15) is 17.3 Å². The fourth-order valence-electron chi connectivity index (χ4n) is 4.31. The van der Waals surface area contributed by atoms with E-state index in [1.807, 2.05) is 61.5 Å². The molecule has 0 radical (unpaired) electrons. The smallest absolute Gasteiger partial charge is 0.341 e. The second-order valence-electron chi connectivity index (χ2n) is 7.63. The van der Waals surface area contributed by atoms with Crippen molar-refractivity contribution in [1.29, 1.82) is 0 Å². The summed E-state index contributed by atoms with van der Waals surface area (Å²) in [4.78, 5) is 23.7. The summed E-state index contributed by atoms with van der Waals surface area (Å²) in [6, 6.07) is 15.0. The molecule has 0 saturated heterocycles. The fourth-order valence-corrected chi connectivity index (χ4v) is 4.31. The van der Waals surface area contributed by atoms with E-state index in [2.05, 4.69) is 11.1 Å². The van der Waals surface area contributed by atoms with Gasteiger partial charge in [0.1, 0.15) is 5.75 Å². The van der Waals surface area contributed by atoms with Crippen molar-refractivity contribution in [2.24, 2.45) is 5.73 Å². The van der Waals surface area contributed by atoms with Crippen molar-refractivity contribution >= 4 is 44.5 Å². The number of carbonyl (C=O) groups is 2. The van der Waals surface area contributed by atoms with Crippen LogP contribution in [0.15, 0.2) is 85.0 Å². The predicted octanol–water partition coefficient (Wildman–Crippen LogP) is 5.20.